The predicted octanol–water partition coefficient (Wildman–Crippen LogP) is 2.74. The Labute approximate surface area is 119 Å². The summed E-state index contributed by atoms with van der Waals surface area (Å²) in [5.41, 5.74) is 1.24. The van der Waals surface area contributed by atoms with Gasteiger partial charge in [-0.1, -0.05) is 12.1 Å². The van der Waals surface area contributed by atoms with Gasteiger partial charge in [0.1, 0.15) is 11.2 Å². The van der Waals surface area contributed by atoms with E-state index in [0.717, 1.165) is 5.56 Å². The van der Waals surface area contributed by atoms with Crippen molar-refractivity contribution < 1.29 is 19.1 Å². The first-order valence-corrected chi connectivity index (χ1v) is 6.17. The largest absolute Gasteiger partial charge is 0.465 e. The van der Waals surface area contributed by atoms with E-state index in [1.165, 1.54) is 13.2 Å². The van der Waals surface area contributed by atoms with Gasteiger partial charge in [-0.25, -0.2) is 9.59 Å². The summed E-state index contributed by atoms with van der Waals surface area (Å²) in [5.74, 6) is -0.894. The zero-order chi connectivity index (χ0) is 15.3. The van der Waals surface area contributed by atoms with Crippen LogP contribution in [0.3, 0.4) is 0 Å². The lowest BCUT2D eigenvalue weighted by Crippen LogP contribution is -2.22. The Morgan fingerprint density at radius 1 is 1.25 bits per heavy atom. The summed E-state index contributed by atoms with van der Waals surface area (Å²) in [5, 5.41) is 0. The Bertz CT molecular complexity index is 536. The van der Waals surface area contributed by atoms with E-state index in [4.69, 9.17) is 4.74 Å². The molecular weight excluding hydrogens is 256 g/mol. The highest BCUT2D eigenvalue weighted by atomic mass is 16.6. The standard InChI is InChI=1S/C16H18O4/c1-11-10-13(15(18)19-5)7-6-12(11)8-9-14(17)20-16(2,3)4/h8-10H,1-5H3/b9-8+. The Kier molecular flexibility index (Phi) is 4.93. The van der Waals surface area contributed by atoms with Gasteiger partial charge in [-0.3, -0.25) is 0 Å². The summed E-state index contributed by atoms with van der Waals surface area (Å²) in [7, 11) is 1.31. The minimum Gasteiger partial charge on any atom is -0.465 e. The van der Waals surface area contributed by atoms with E-state index in [1.807, 2.05) is 6.92 Å². The first kappa shape index (κ1) is 15.8. The molecule has 0 saturated carbocycles. The highest BCUT2D eigenvalue weighted by Crippen LogP contribution is 2.11. The fourth-order valence-electron chi connectivity index (χ4n) is 1.44. The van der Waals surface area contributed by atoms with Crippen LogP contribution >= 0.6 is 0 Å². The van der Waals surface area contributed by atoms with Crippen LogP contribution in [0, 0.1) is 19.1 Å². The summed E-state index contributed by atoms with van der Waals surface area (Å²) in [6, 6.07) is 7.15. The molecule has 0 unspecified atom stereocenters. The normalized spacial score (nSPS) is 11.1. The summed E-state index contributed by atoms with van der Waals surface area (Å²) in [4.78, 5) is 22.9. The average molecular weight is 274 g/mol. The molecule has 0 amide bonds. The number of carbonyl (C=O) groups excluding carboxylic acids is 2. The molecule has 0 N–H and O–H groups in total. The average Bonchev–Trinajstić information content (AvgIpc) is 2.34. The van der Waals surface area contributed by atoms with Crippen LogP contribution in [0.25, 0.3) is 6.08 Å². The van der Waals surface area contributed by atoms with Crippen molar-refractivity contribution in [2.45, 2.75) is 33.3 Å². The first-order valence-electron chi connectivity index (χ1n) is 6.17. The Morgan fingerprint density at radius 3 is 2.40 bits per heavy atom. The maximum absolute atomic E-state index is 11.6. The molecule has 0 aromatic heterocycles. The number of methoxy groups -OCH3 is 1. The van der Waals surface area contributed by atoms with Crippen LogP contribution in [-0.2, 0) is 14.3 Å². The third kappa shape index (κ3) is 4.77. The van der Waals surface area contributed by atoms with Crippen LogP contribution in [0.4, 0.5) is 0 Å². The summed E-state index contributed by atoms with van der Waals surface area (Å²) >= 11 is 0. The second-order valence-corrected chi connectivity index (χ2v) is 5.26. The molecule has 1 aromatic carbocycles. The molecule has 0 atom stereocenters. The van der Waals surface area contributed by atoms with Gasteiger partial charge in [0.15, 0.2) is 0 Å². The maximum atomic E-state index is 11.6. The first-order chi connectivity index (χ1) is 9.23. The zero-order valence-electron chi connectivity index (χ0n) is 12.4. The van der Waals surface area contributed by atoms with E-state index in [1.54, 1.807) is 32.9 Å². The van der Waals surface area contributed by atoms with Crippen LogP contribution in [0.1, 0.15) is 42.3 Å². The second kappa shape index (κ2) is 6.25. The van der Waals surface area contributed by atoms with Crippen molar-refractivity contribution in [1.82, 2.24) is 0 Å². The fraction of sp³-hybridized carbons (Fsp3) is 0.375. The molecule has 4 nitrogen and oxygen atoms in total. The third-order valence-corrected chi connectivity index (χ3v) is 2.32. The Hall–Kier alpha value is -2.28. The van der Waals surface area contributed by atoms with Crippen molar-refractivity contribution in [2.75, 3.05) is 7.11 Å². The van der Waals surface area contributed by atoms with Crippen molar-refractivity contribution in [2.24, 2.45) is 0 Å². The lowest BCUT2D eigenvalue weighted by Gasteiger charge is -2.17. The molecule has 0 heterocycles. The van der Waals surface area contributed by atoms with Gasteiger partial charge in [-0.05, 0) is 45.4 Å². The van der Waals surface area contributed by atoms with Crippen LogP contribution in [0.15, 0.2) is 12.1 Å². The highest BCUT2D eigenvalue weighted by molar-refractivity contribution is 5.90. The molecule has 0 radical (unpaired) electrons. The number of ether oxygens (including phenoxy) is 2. The Balaban J connectivity index is 2.84. The molecule has 106 valence electrons. The van der Waals surface area contributed by atoms with Crippen molar-refractivity contribution >= 4 is 18.0 Å². The number of esters is 2. The molecule has 4 heteroatoms. The van der Waals surface area contributed by atoms with Gasteiger partial charge in [-0.2, -0.15) is 0 Å². The topological polar surface area (TPSA) is 52.6 Å². The van der Waals surface area contributed by atoms with Crippen LogP contribution in [0.2, 0.25) is 0 Å². The van der Waals surface area contributed by atoms with E-state index >= 15 is 0 Å². The van der Waals surface area contributed by atoms with Crippen LogP contribution in [0.5, 0.6) is 0 Å². The van der Waals surface area contributed by atoms with Gasteiger partial charge < -0.3 is 9.47 Å². The fourth-order valence-corrected chi connectivity index (χ4v) is 1.44. The highest BCUT2D eigenvalue weighted by Gasteiger charge is 2.14. The van der Waals surface area contributed by atoms with Crippen molar-refractivity contribution in [3.05, 3.63) is 41.0 Å². The van der Waals surface area contributed by atoms with E-state index in [9.17, 15) is 9.59 Å². The lowest BCUT2D eigenvalue weighted by molar-refractivity contribution is -0.148. The van der Waals surface area contributed by atoms with Crippen LogP contribution in [-0.4, -0.2) is 24.6 Å². The molecule has 0 saturated heterocycles. The summed E-state index contributed by atoms with van der Waals surface area (Å²) < 4.78 is 9.76. The number of carbonyl (C=O) groups is 2. The van der Waals surface area contributed by atoms with E-state index < -0.39 is 17.5 Å². The van der Waals surface area contributed by atoms with Crippen molar-refractivity contribution in [3.8, 4) is 0 Å². The van der Waals surface area contributed by atoms with Gasteiger partial charge in [0.05, 0.1) is 7.11 Å². The zero-order valence-corrected chi connectivity index (χ0v) is 12.4. The molecule has 0 fully saturated rings. The Morgan fingerprint density at radius 2 is 1.90 bits per heavy atom. The number of hydrogen-bond donors (Lipinski definition) is 0. The van der Waals surface area contributed by atoms with Gasteiger partial charge in [-0.15, -0.1) is 0 Å². The quantitative estimate of drug-likeness (QED) is 0.628. The van der Waals surface area contributed by atoms with Gasteiger partial charge in [0, 0.05) is 11.6 Å². The van der Waals surface area contributed by atoms with Gasteiger partial charge >= 0.3 is 11.9 Å². The third-order valence-electron chi connectivity index (χ3n) is 2.32. The van der Waals surface area contributed by atoms with Crippen molar-refractivity contribution in [1.29, 1.82) is 0 Å². The molecule has 0 spiro atoms. The molecular formula is C16H18O4. The predicted molar refractivity (Wildman–Crippen MR) is 75.1 cm³/mol. The summed E-state index contributed by atoms with van der Waals surface area (Å²) in [6.07, 6.45) is 2.91. The van der Waals surface area contributed by atoms with E-state index in [-0.39, 0.29) is 0 Å². The molecule has 1 rings (SSSR count). The smallest absolute Gasteiger partial charge is 0.346 e. The van der Waals surface area contributed by atoms with Crippen LogP contribution < -0.4 is 0 Å². The van der Waals surface area contributed by atoms with Gasteiger partial charge in [0.2, 0.25) is 0 Å². The van der Waals surface area contributed by atoms with E-state index in [2.05, 4.69) is 16.9 Å². The van der Waals surface area contributed by atoms with Crippen molar-refractivity contribution in [3.63, 3.8) is 0 Å². The van der Waals surface area contributed by atoms with Gasteiger partial charge in [0.25, 0.3) is 0 Å². The second-order valence-electron chi connectivity index (χ2n) is 5.26. The SMILES string of the molecule is COC(=O)c1c#cc(/C=C/C(=O)OC(C)(C)C)c(C)c1. The lowest BCUT2D eigenvalue weighted by atomic mass is 10.1. The monoisotopic (exact) mass is 274 g/mol. The molecule has 0 aliphatic rings. The number of hydrogen-bond acceptors (Lipinski definition) is 4. The minimum absolute atomic E-state index is 0.305. The number of aryl methyl sites for hydroxylation is 1. The molecule has 20 heavy (non-hydrogen) atoms. The summed E-state index contributed by atoms with van der Waals surface area (Å²) in [6.45, 7) is 7.21. The van der Waals surface area contributed by atoms with E-state index in [0.29, 0.717) is 11.1 Å². The molecule has 0 aliphatic carbocycles. The maximum Gasteiger partial charge on any atom is 0.346 e. The molecule has 0 aliphatic heterocycles. The molecule has 1 aromatic rings. The molecule has 0 bridgehead atoms. The minimum atomic E-state index is -0.527. The number of rotatable bonds is 3.